The lowest BCUT2D eigenvalue weighted by Crippen LogP contribution is -2.19. The topological polar surface area (TPSA) is 76.1 Å². The van der Waals surface area contributed by atoms with Crippen molar-refractivity contribution in [2.24, 2.45) is 0 Å². The zero-order valence-corrected chi connectivity index (χ0v) is 16.1. The highest BCUT2D eigenvalue weighted by molar-refractivity contribution is 7.97. The highest BCUT2D eigenvalue weighted by Crippen LogP contribution is 2.23. The summed E-state index contributed by atoms with van der Waals surface area (Å²) in [6.07, 6.45) is 0. The van der Waals surface area contributed by atoms with E-state index in [4.69, 9.17) is 4.74 Å². The zero-order chi connectivity index (χ0) is 19.1. The number of hydrogen-bond acceptors (Lipinski definition) is 6. The molecule has 3 rings (SSSR count). The third kappa shape index (κ3) is 5.93. The van der Waals surface area contributed by atoms with Gasteiger partial charge in [-0.3, -0.25) is 5.32 Å². The van der Waals surface area contributed by atoms with Gasteiger partial charge in [0.25, 0.3) is 0 Å². The summed E-state index contributed by atoms with van der Waals surface area (Å²) in [6, 6.07) is 13.1. The Labute approximate surface area is 164 Å². The minimum absolute atomic E-state index is 0.240. The van der Waals surface area contributed by atoms with Crippen LogP contribution < -0.4 is 15.4 Å². The molecular weight excluding hydrogens is 387 g/mol. The molecule has 1 aromatic heterocycles. The van der Waals surface area contributed by atoms with Crippen LogP contribution in [-0.4, -0.2) is 23.3 Å². The van der Waals surface area contributed by atoms with Gasteiger partial charge in [0.05, 0.1) is 7.11 Å². The van der Waals surface area contributed by atoms with Gasteiger partial charge in [0, 0.05) is 23.3 Å². The molecule has 27 heavy (non-hydrogen) atoms. The van der Waals surface area contributed by atoms with Crippen molar-refractivity contribution in [3.05, 3.63) is 64.9 Å². The molecule has 0 aliphatic carbocycles. The average Bonchev–Trinajstić information content (AvgIpc) is 3.10. The number of anilines is 2. The standard InChI is InChI=1S/C18H17FN4O2S2/c1-25-15-4-2-3-14(9-15)20-17(24)21-18-23-22-16(27-18)11-26-10-12-5-7-13(19)8-6-12/h2-9H,10-11H2,1H3,(H2,20,21,23,24). The third-order valence-electron chi connectivity index (χ3n) is 3.42. The quantitative estimate of drug-likeness (QED) is 0.594. The maximum atomic E-state index is 12.9. The van der Waals surface area contributed by atoms with E-state index in [9.17, 15) is 9.18 Å². The number of methoxy groups -OCH3 is 1. The van der Waals surface area contributed by atoms with Crippen molar-refractivity contribution in [1.29, 1.82) is 0 Å². The van der Waals surface area contributed by atoms with E-state index in [1.54, 1.807) is 55.3 Å². The summed E-state index contributed by atoms with van der Waals surface area (Å²) < 4.78 is 18.0. The molecule has 0 spiro atoms. The lowest BCUT2D eigenvalue weighted by atomic mass is 10.2. The van der Waals surface area contributed by atoms with Gasteiger partial charge in [-0.2, -0.15) is 0 Å². The number of carbonyl (C=O) groups is 1. The number of rotatable bonds is 7. The van der Waals surface area contributed by atoms with Gasteiger partial charge in [0.1, 0.15) is 16.6 Å². The number of nitrogens with zero attached hydrogens (tertiary/aromatic N) is 2. The average molecular weight is 404 g/mol. The number of urea groups is 1. The molecule has 2 aromatic carbocycles. The van der Waals surface area contributed by atoms with Gasteiger partial charge >= 0.3 is 6.03 Å². The maximum Gasteiger partial charge on any atom is 0.325 e. The minimum Gasteiger partial charge on any atom is -0.497 e. The number of nitrogens with one attached hydrogen (secondary N) is 2. The van der Waals surface area contributed by atoms with Gasteiger partial charge in [-0.05, 0) is 29.8 Å². The molecule has 9 heteroatoms. The van der Waals surface area contributed by atoms with Crippen LogP contribution in [0.1, 0.15) is 10.6 Å². The second-order valence-electron chi connectivity index (χ2n) is 5.43. The lowest BCUT2D eigenvalue weighted by Gasteiger charge is -2.06. The normalized spacial score (nSPS) is 10.4. The fraction of sp³-hybridized carbons (Fsp3) is 0.167. The Kier molecular flexibility index (Phi) is 6.61. The summed E-state index contributed by atoms with van der Waals surface area (Å²) in [5.74, 6) is 1.83. The Morgan fingerprint density at radius 2 is 1.96 bits per heavy atom. The molecule has 6 nitrogen and oxygen atoms in total. The molecule has 0 bridgehead atoms. The van der Waals surface area contributed by atoms with Crippen molar-refractivity contribution in [1.82, 2.24) is 10.2 Å². The molecule has 1 heterocycles. The largest absolute Gasteiger partial charge is 0.497 e. The molecular formula is C18H17FN4O2S2. The van der Waals surface area contributed by atoms with E-state index in [-0.39, 0.29) is 5.82 Å². The number of ether oxygens (including phenoxy) is 1. The fourth-order valence-corrected chi connectivity index (χ4v) is 3.94. The van der Waals surface area contributed by atoms with Crippen LogP contribution in [-0.2, 0) is 11.5 Å². The first-order valence-electron chi connectivity index (χ1n) is 7.99. The Hall–Kier alpha value is -2.65. The van der Waals surface area contributed by atoms with Gasteiger partial charge < -0.3 is 10.1 Å². The van der Waals surface area contributed by atoms with E-state index in [2.05, 4.69) is 20.8 Å². The van der Waals surface area contributed by atoms with Gasteiger partial charge in [0.2, 0.25) is 5.13 Å². The van der Waals surface area contributed by atoms with Crippen LogP contribution in [0.2, 0.25) is 0 Å². The zero-order valence-electron chi connectivity index (χ0n) is 14.4. The summed E-state index contributed by atoms with van der Waals surface area (Å²) in [7, 11) is 1.57. The van der Waals surface area contributed by atoms with E-state index in [1.807, 2.05) is 0 Å². The molecule has 2 N–H and O–H groups in total. The predicted molar refractivity (Wildman–Crippen MR) is 107 cm³/mol. The van der Waals surface area contributed by atoms with Crippen molar-refractivity contribution in [3.63, 3.8) is 0 Å². The van der Waals surface area contributed by atoms with E-state index < -0.39 is 6.03 Å². The first-order chi connectivity index (χ1) is 13.1. The molecule has 2 amide bonds. The van der Waals surface area contributed by atoms with Crippen LogP contribution in [0.15, 0.2) is 48.5 Å². The molecule has 0 atom stereocenters. The summed E-state index contributed by atoms with van der Waals surface area (Å²) in [5.41, 5.74) is 1.66. The molecule has 0 saturated carbocycles. The Morgan fingerprint density at radius 1 is 1.15 bits per heavy atom. The van der Waals surface area contributed by atoms with Gasteiger partial charge in [-0.25, -0.2) is 9.18 Å². The van der Waals surface area contributed by atoms with E-state index in [1.165, 1.54) is 23.5 Å². The van der Waals surface area contributed by atoms with Gasteiger partial charge in [0.15, 0.2) is 0 Å². The second kappa shape index (κ2) is 9.33. The Morgan fingerprint density at radius 3 is 2.74 bits per heavy atom. The molecule has 0 aliphatic rings. The van der Waals surface area contributed by atoms with Crippen LogP contribution in [0.4, 0.5) is 20.0 Å². The molecule has 140 valence electrons. The first kappa shape index (κ1) is 19.1. The van der Waals surface area contributed by atoms with Gasteiger partial charge in [-0.1, -0.05) is 29.5 Å². The summed E-state index contributed by atoms with van der Waals surface area (Å²) in [6.45, 7) is 0. The van der Waals surface area contributed by atoms with E-state index in [0.29, 0.717) is 22.3 Å². The highest BCUT2D eigenvalue weighted by atomic mass is 32.2. The van der Waals surface area contributed by atoms with Gasteiger partial charge in [-0.15, -0.1) is 22.0 Å². The van der Waals surface area contributed by atoms with Crippen molar-refractivity contribution in [2.75, 3.05) is 17.7 Å². The van der Waals surface area contributed by atoms with E-state index >= 15 is 0 Å². The monoisotopic (exact) mass is 404 g/mol. The number of halogens is 1. The molecule has 0 unspecified atom stereocenters. The van der Waals surface area contributed by atoms with Crippen molar-refractivity contribution < 1.29 is 13.9 Å². The number of hydrogen-bond donors (Lipinski definition) is 2. The van der Waals surface area contributed by atoms with Crippen LogP contribution in [0, 0.1) is 5.82 Å². The molecule has 0 fully saturated rings. The smallest absolute Gasteiger partial charge is 0.325 e. The number of carbonyl (C=O) groups excluding carboxylic acids is 1. The maximum absolute atomic E-state index is 12.9. The Bertz CT molecular complexity index is 902. The van der Waals surface area contributed by atoms with Crippen LogP contribution in [0.25, 0.3) is 0 Å². The number of thioether (sulfide) groups is 1. The lowest BCUT2D eigenvalue weighted by molar-refractivity contribution is 0.262. The van der Waals surface area contributed by atoms with Crippen molar-refractivity contribution >= 4 is 39.9 Å². The molecule has 0 aliphatic heterocycles. The van der Waals surface area contributed by atoms with Crippen LogP contribution in [0.5, 0.6) is 5.75 Å². The minimum atomic E-state index is -0.398. The van der Waals surface area contributed by atoms with Crippen molar-refractivity contribution in [2.45, 2.75) is 11.5 Å². The Balaban J connectivity index is 1.46. The third-order valence-corrected chi connectivity index (χ3v) is 5.46. The second-order valence-corrected chi connectivity index (χ2v) is 7.48. The molecule has 0 saturated heterocycles. The molecule has 0 radical (unpaired) electrons. The number of amides is 2. The van der Waals surface area contributed by atoms with Crippen LogP contribution >= 0.6 is 23.1 Å². The first-order valence-corrected chi connectivity index (χ1v) is 9.96. The fourth-order valence-electron chi connectivity index (χ4n) is 2.16. The summed E-state index contributed by atoms with van der Waals surface area (Å²) in [4.78, 5) is 12.1. The highest BCUT2D eigenvalue weighted by Gasteiger charge is 2.09. The molecule has 3 aromatic rings. The SMILES string of the molecule is COc1cccc(NC(=O)Nc2nnc(CSCc3ccc(F)cc3)s2)c1. The van der Waals surface area contributed by atoms with Crippen molar-refractivity contribution in [3.8, 4) is 5.75 Å². The summed E-state index contributed by atoms with van der Waals surface area (Å²) in [5, 5.41) is 14.7. The predicted octanol–water partition coefficient (Wildman–Crippen LogP) is 4.76. The van der Waals surface area contributed by atoms with E-state index in [0.717, 1.165) is 16.3 Å². The number of benzene rings is 2. The number of aromatic nitrogens is 2. The van der Waals surface area contributed by atoms with Crippen LogP contribution in [0.3, 0.4) is 0 Å². The summed E-state index contributed by atoms with van der Waals surface area (Å²) >= 11 is 2.96.